The van der Waals surface area contributed by atoms with E-state index in [-0.39, 0.29) is 6.04 Å². The van der Waals surface area contributed by atoms with Crippen LogP contribution in [0, 0.1) is 0 Å². The molecule has 0 amide bonds. The summed E-state index contributed by atoms with van der Waals surface area (Å²) in [6.45, 7) is 5.52. The van der Waals surface area contributed by atoms with Crippen LogP contribution in [0.2, 0.25) is 0 Å². The first kappa shape index (κ1) is 19.5. The number of fused-ring (bicyclic) bond motifs is 4. The molecule has 0 spiro atoms. The molecule has 3 unspecified atom stereocenters. The second-order valence-electron chi connectivity index (χ2n) is 7.92. The summed E-state index contributed by atoms with van der Waals surface area (Å²) in [5, 5.41) is 0. The maximum absolute atomic E-state index is 12.0. The molecule has 2 bridgehead atoms. The summed E-state index contributed by atoms with van der Waals surface area (Å²) >= 11 is 0. The average molecular weight is 395 g/mol. The molecule has 152 valence electrons. The number of carbonyl (C=O) groups excluding carboxylic acids is 2. The Bertz CT molecular complexity index is 930. The zero-order valence-corrected chi connectivity index (χ0v) is 16.9. The van der Waals surface area contributed by atoms with Crippen molar-refractivity contribution in [1.29, 1.82) is 0 Å². The number of hydrogen-bond donors (Lipinski definition) is 0. The molecule has 2 heterocycles. The summed E-state index contributed by atoms with van der Waals surface area (Å²) < 4.78 is 17.8. The van der Waals surface area contributed by atoms with Crippen LogP contribution >= 0.6 is 0 Å². The second kappa shape index (κ2) is 7.19. The molecule has 2 aromatic carbocycles. The van der Waals surface area contributed by atoms with Gasteiger partial charge in [-0.15, -0.1) is 0 Å². The molecule has 6 heteroatoms. The number of hydrogen-bond acceptors (Lipinski definition) is 6. The van der Waals surface area contributed by atoms with Gasteiger partial charge in [0.2, 0.25) is 0 Å². The third-order valence-electron chi connectivity index (χ3n) is 5.67. The fourth-order valence-electron chi connectivity index (χ4n) is 4.51. The Morgan fingerprint density at radius 3 is 2.38 bits per heavy atom. The van der Waals surface area contributed by atoms with Crippen molar-refractivity contribution in [2.45, 2.75) is 51.2 Å². The Kier molecular flexibility index (Phi) is 4.82. The average Bonchev–Trinajstić information content (AvgIpc) is 2.65. The van der Waals surface area contributed by atoms with E-state index in [2.05, 4.69) is 17.0 Å². The molecule has 2 aromatic rings. The van der Waals surface area contributed by atoms with Gasteiger partial charge in [0.15, 0.2) is 5.60 Å². The molecule has 4 rings (SSSR count). The lowest BCUT2D eigenvalue weighted by Crippen LogP contribution is -2.70. The van der Waals surface area contributed by atoms with Crippen LogP contribution in [0.3, 0.4) is 0 Å². The quantitative estimate of drug-likeness (QED) is 0.737. The number of esters is 2. The highest BCUT2D eigenvalue weighted by atomic mass is 16.7. The summed E-state index contributed by atoms with van der Waals surface area (Å²) in [6, 6.07) is 17.8. The molecule has 2 aliphatic rings. The lowest BCUT2D eigenvalue weighted by molar-refractivity contribution is -0.306. The van der Waals surface area contributed by atoms with Gasteiger partial charge in [-0.1, -0.05) is 48.5 Å². The van der Waals surface area contributed by atoms with Crippen molar-refractivity contribution in [3.63, 3.8) is 0 Å². The van der Waals surface area contributed by atoms with Gasteiger partial charge in [-0.2, -0.15) is 0 Å². The SMILES string of the molecule is CC(=O)OC1(C)CN(Cc2ccccc2)C2CC1(OC(C)=O)Oc1ccccc12. The number of rotatable bonds is 4. The van der Waals surface area contributed by atoms with E-state index in [1.54, 1.807) is 6.92 Å². The highest BCUT2D eigenvalue weighted by molar-refractivity contribution is 5.68. The molecule has 0 radical (unpaired) electrons. The predicted molar refractivity (Wildman–Crippen MR) is 106 cm³/mol. The minimum absolute atomic E-state index is 0.0388. The van der Waals surface area contributed by atoms with Gasteiger partial charge < -0.3 is 14.2 Å². The summed E-state index contributed by atoms with van der Waals surface area (Å²) in [7, 11) is 0. The molecular weight excluding hydrogens is 370 g/mol. The van der Waals surface area contributed by atoms with Crippen molar-refractivity contribution in [3.8, 4) is 5.75 Å². The molecule has 0 saturated carbocycles. The molecule has 0 aromatic heterocycles. The van der Waals surface area contributed by atoms with Gasteiger partial charge in [-0.3, -0.25) is 14.5 Å². The second-order valence-corrected chi connectivity index (χ2v) is 7.92. The van der Waals surface area contributed by atoms with Gasteiger partial charge in [0.1, 0.15) is 5.75 Å². The van der Waals surface area contributed by atoms with Gasteiger partial charge >= 0.3 is 11.9 Å². The van der Waals surface area contributed by atoms with Crippen LogP contribution in [-0.4, -0.2) is 34.8 Å². The lowest BCUT2D eigenvalue weighted by Gasteiger charge is -2.57. The minimum Gasteiger partial charge on any atom is -0.450 e. The largest absolute Gasteiger partial charge is 0.450 e. The van der Waals surface area contributed by atoms with Crippen LogP contribution < -0.4 is 4.74 Å². The molecule has 3 atom stereocenters. The molecule has 0 N–H and O–H groups in total. The van der Waals surface area contributed by atoms with Crippen LogP contribution in [0.15, 0.2) is 54.6 Å². The van der Waals surface area contributed by atoms with Crippen molar-refractivity contribution >= 4 is 11.9 Å². The van der Waals surface area contributed by atoms with E-state index in [1.807, 2.05) is 42.5 Å². The van der Waals surface area contributed by atoms with Gasteiger partial charge in [-0.05, 0) is 18.6 Å². The molecular formula is C23H25NO5. The Labute approximate surface area is 170 Å². The fourth-order valence-corrected chi connectivity index (χ4v) is 4.51. The number of para-hydroxylation sites is 1. The van der Waals surface area contributed by atoms with Gasteiger partial charge in [0.25, 0.3) is 5.79 Å². The Morgan fingerprint density at radius 2 is 1.69 bits per heavy atom. The normalized spacial score (nSPS) is 28.0. The van der Waals surface area contributed by atoms with Crippen LogP contribution in [0.1, 0.15) is 44.4 Å². The van der Waals surface area contributed by atoms with E-state index >= 15 is 0 Å². The Morgan fingerprint density at radius 1 is 1.03 bits per heavy atom. The predicted octanol–water partition coefficient (Wildman–Crippen LogP) is 3.61. The van der Waals surface area contributed by atoms with Crippen LogP contribution in [0.5, 0.6) is 5.75 Å². The van der Waals surface area contributed by atoms with Crippen LogP contribution in [0.4, 0.5) is 0 Å². The summed E-state index contributed by atoms with van der Waals surface area (Å²) in [5.74, 6) is -1.66. The van der Waals surface area contributed by atoms with Crippen LogP contribution in [-0.2, 0) is 25.6 Å². The molecule has 2 aliphatic heterocycles. The van der Waals surface area contributed by atoms with E-state index in [0.29, 0.717) is 25.3 Å². The van der Waals surface area contributed by atoms with Crippen molar-refractivity contribution in [2.24, 2.45) is 0 Å². The number of piperidine rings is 1. The maximum atomic E-state index is 12.0. The lowest BCUT2D eigenvalue weighted by atomic mass is 9.78. The number of carbonyl (C=O) groups is 2. The molecule has 1 saturated heterocycles. The van der Waals surface area contributed by atoms with Crippen molar-refractivity contribution < 1.29 is 23.8 Å². The van der Waals surface area contributed by atoms with Gasteiger partial charge in [-0.25, -0.2) is 0 Å². The molecule has 6 nitrogen and oxygen atoms in total. The number of nitrogens with zero attached hydrogens (tertiary/aromatic N) is 1. The summed E-state index contributed by atoms with van der Waals surface area (Å²) in [4.78, 5) is 26.3. The third kappa shape index (κ3) is 3.49. The standard InChI is InChI=1S/C23H25NO5/c1-16(25)27-22(3)15-24(14-18-9-5-4-6-10-18)20-13-23(22,28-17(2)26)29-21-12-8-7-11-19(20)21/h4-12,20H,13-15H2,1-3H3. The minimum atomic E-state index is -1.38. The smallest absolute Gasteiger partial charge is 0.306 e. The van der Waals surface area contributed by atoms with Crippen molar-refractivity contribution in [3.05, 3.63) is 65.7 Å². The highest BCUT2D eigenvalue weighted by Gasteiger charge is 2.64. The number of benzene rings is 2. The van der Waals surface area contributed by atoms with E-state index in [9.17, 15) is 9.59 Å². The number of likely N-dealkylation sites (tertiary alicyclic amines) is 1. The molecule has 0 aliphatic carbocycles. The zero-order chi connectivity index (χ0) is 20.6. The first-order valence-corrected chi connectivity index (χ1v) is 9.77. The monoisotopic (exact) mass is 395 g/mol. The summed E-state index contributed by atoms with van der Waals surface area (Å²) in [5.41, 5.74) is 1.03. The van der Waals surface area contributed by atoms with E-state index in [0.717, 1.165) is 11.1 Å². The Hall–Kier alpha value is -2.86. The maximum Gasteiger partial charge on any atom is 0.306 e. The zero-order valence-electron chi connectivity index (χ0n) is 16.9. The fraction of sp³-hybridized carbons (Fsp3) is 0.391. The van der Waals surface area contributed by atoms with Gasteiger partial charge in [0.05, 0.1) is 0 Å². The van der Waals surface area contributed by atoms with E-state index < -0.39 is 23.3 Å². The highest BCUT2D eigenvalue weighted by Crippen LogP contribution is 2.53. The topological polar surface area (TPSA) is 65.1 Å². The summed E-state index contributed by atoms with van der Waals surface area (Å²) in [6.07, 6.45) is 0.375. The van der Waals surface area contributed by atoms with E-state index in [1.165, 1.54) is 13.8 Å². The molecule has 29 heavy (non-hydrogen) atoms. The van der Waals surface area contributed by atoms with Gasteiger partial charge in [0, 0.05) is 45.0 Å². The Balaban J connectivity index is 1.81. The van der Waals surface area contributed by atoms with Crippen molar-refractivity contribution in [2.75, 3.05) is 6.54 Å². The van der Waals surface area contributed by atoms with E-state index in [4.69, 9.17) is 14.2 Å². The molecule has 1 fully saturated rings. The first-order valence-electron chi connectivity index (χ1n) is 9.77. The number of ether oxygens (including phenoxy) is 3. The van der Waals surface area contributed by atoms with Crippen molar-refractivity contribution in [1.82, 2.24) is 4.90 Å². The first-order chi connectivity index (χ1) is 13.8. The van der Waals surface area contributed by atoms with Crippen LogP contribution in [0.25, 0.3) is 0 Å². The third-order valence-corrected chi connectivity index (χ3v) is 5.67.